The molecule has 3 aliphatic rings. The maximum absolute atomic E-state index is 14.8. The van der Waals surface area contributed by atoms with E-state index < -0.39 is 125 Å². The van der Waals surface area contributed by atoms with Crippen LogP contribution in [-0.2, 0) is 54.2 Å². The summed E-state index contributed by atoms with van der Waals surface area (Å²) in [6.07, 6.45) is -5.46. The highest BCUT2D eigenvalue weighted by atomic mass is 32.2. The minimum atomic E-state index is -3.68. The molecule has 19 atom stereocenters. The number of aromatic nitrogens is 3. The van der Waals surface area contributed by atoms with Gasteiger partial charge in [0, 0.05) is 70.8 Å². The molecule has 0 spiro atoms. The lowest BCUT2D eigenvalue weighted by molar-refractivity contribution is -0.308. The number of likely N-dealkylation sites (N-methyl/N-ethyl adjacent to an activating group) is 2. The predicted octanol–water partition coefficient (Wildman–Crippen LogP) is 5.17. The van der Waals surface area contributed by atoms with Crippen molar-refractivity contribution in [2.75, 3.05) is 60.5 Å². The second-order valence-corrected chi connectivity index (χ2v) is 24.9. The molecule has 4 N–H and O–H groups in total. The van der Waals surface area contributed by atoms with E-state index in [1.54, 1.807) is 59.9 Å². The molecule has 2 aromatic rings. The SMILES string of the molecule is CC[C@H]1OC(=O)[C@H](C)[C@@H](O[C@H]2C[C@@](C)(OC)[C@@H](O)[C@H](C)O2)[C@H](C)[C@@H](O[C@H]2C[C@@H](N(C)CCc3cn([C@H](CF)[C@H](OC)c4ccc(S(=O)(=O)CCCF)cc4)nn3)C[C@@H](C)O2)[C@](C)(O)C[C@@H](C)CN(C)[C@H](C)[C@@H](O)[C@]1(C)O. The van der Waals surface area contributed by atoms with E-state index in [0.717, 1.165) is 0 Å². The van der Waals surface area contributed by atoms with Crippen LogP contribution in [0.15, 0.2) is 35.4 Å². The fourth-order valence-electron chi connectivity index (χ4n) is 11.7. The van der Waals surface area contributed by atoms with Gasteiger partial charge in [0.25, 0.3) is 0 Å². The van der Waals surface area contributed by atoms with Gasteiger partial charge in [-0.2, -0.15) is 0 Å². The van der Waals surface area contributed by atoms with E-state index in [1.165, 1.54) is 38.0 Å². The molecular formula is C54H91F2N5O14S. The summed E-state index contributed by atoms with van der Waals surface area (Å²) < 4.78 is 98.6. The van der Waals surface area contributed by atoms with Gasteiger partial charge in [-0.3, -0.25) is 9.18 Å². The number of esters is 1. The molecule has 3 saturated heterocycles. The van der Waals surface area contributed by atoms with Gasteiger partial charge in [-0.25, -0.2) is 17.5 Å². The standard InChI is InChI=1S/C54H91F2N5O14S/c1-15-43-54(10,66)48(62)36(6)60(12)30-32(2)27-52(8,65)50(34(4)46(35(5)51(64)73-43)74-45-28-53(9,70-14)49(63)37(7)72-45)75-44-26-40(25-33(3)71-44)59(11)23-21-39-31-61(58-57-39)42(29-56)47(69-13)38-17-19-41(20-18-38)76(67,68)24-16-22-55/h17-20,31-37,40,42-50,62-63,65-66H,15-16,21-30H2,1-14H3/t32-,33-,34+,35-,36-,37+,40+,42-,43-,44+,45+,46+,47-,48-,49+,50-,52-,53-,54-/m1/s1. The molecule has 1 aromatic carbocycles. The van der Waals surface area contributed by atoms with Gasteiger partial charge in [-0.1, -0.05) is 38.1 Å². The van der Waals surface area contributed by atoms with Crippen LogP contribution in [0.3, 0.4) is 0 Å². The van der Waals surface area contributed by atoms with Gasteiger partial charge in [-0.05, 0) is 112 Å². The average molecular weight is 1100 g/mol. The summed E-state index contributed by atoms with van der Waals surface area (Å²) in [5, 5.41) is 56.2. The van der Waals surface area contributed by atoms with Gasteiger partial charge in [0.1, 0.15) is 42.7 Å². The zero-order chi connectivity index (χ0) is 56.7. The lowest BCUT2D eigenvalue weighted by atomic mass is 9.77. The van der Waals surface area contributed by atoms with E-state index in [4.69, 9.17) is 33.2 Å². The minimum Gasteiger partial charge on any atom is -0.459 e. The number of rotatable bonds is 19. The summed E-state index contributed by atoms with van der Waals surface area (Å²) in [5.74, 6) is -2.99. The van der Waals surface area contributed by atoms with Gasteiger partial charge in [0.15, 0.2) is 22.4 Å². The Balaban J connectivity index is 1.40. The first-order valence-corrected chi connectivity index (χ1v) is 28.7. The largest absolute Gasteiger partial charge is 0.459 e. The summed E-state index contributed by atoms with van der Waals surface area (Å²) in [6.45, 7) is 17.1. The van der Waals surface area contributed by atoms with Gasteiger partial charge in [0.2, 0.25) is 0 Å². The molecular weight excluding hydrogens is 1010 g/mol. The van der Waals surface area contributed by atoms with Crippen LogP contribution in [0.2, 0.25) is 0 Å². The maximum Gasteiger partial charge on any atom is 0.311 e. The highest BCUT2D eigenvalue weighted by Gasteiger charge is 2.52. The number of ether oxygens (including phenoxy) is 7. The first-order valence-electron chi connectivity index (χ1n) is 27.0. The van der Waals surface area contributed by atoms with Crippen LogP contribution in [0, 0.1) is 17.8 Å². The smallest absolute Gasteiger partial charge is 0.311 e. The van der Waals surface area contributed by atoms with Crippen molar-refractivity contribution >= 4 is 15.8 Å². The van der Waals surface area contributed by atoms with Crippen molar-refractivity contribution in [1.82, 2.24) is 24.8 Å². The van der Waals surface area contributed by atoms with Crippen LogP contribution >= 0.6 is 0 Å². The Labute approximate surface area is 450 Å². The number of benzene rings is 1. The lowest BCUT2D eigenvalue weighted by Gasteiger charge is -2.48. The van der Waals surface area contributed by atoms with Gasteiger partial charge in [-0.15, -0.1) is 5.10 Å². The highest BCUT2D eigenvalue weighted by Crippen LogP contribution is 2.41. The fraction of sp³-hybridized carbons (Fsp3) is 0.833. The Hall–Kier alpha value is -2.84. The number of aliphatic hydroxyl groups is 4. The molecule has 19 nitrogen and oxygen atoms in total. The number of hydrogen-bond donors (Lipinski definition) is 4. The number of hydrogen-bond acceptors (Lipinski definition) is 18. The Morgan fingerprint density at radius 2 is 1.62 bits per heavy atom. The molecule has 5 rings (SSSR count). The molecule has 0 unspecified atom stereocenters. The monoisotopic (exact) mass is 1100 g/mol. The number of sulfone groups is 1. The normalized spacial score (nSPS) is 37.8. The van der Waals surface area contributed by atoms with Gasteiger partial charge in [0.05, 0.1) is 64.6 Å². The first kappa shape index (κ1) is 64.0. The number of cyclic esters (lactones) is 1. The Kier molecular flexibility index (Phi) is 22.8. The summed E-state index contributed by atoms with van der Waals surface area (Å²) >= 11 is 0. The topological polar surface area (TPSA) is 234 Å². The molecule has 0 bridgehead atoms. The van der Waals surface area contributed by atoms with Crippen molar-refractivity contribution in [3.8, 4) is 0 Å². The molecule has 0 saturated carbocycles. The number of carbonyl (C=O) groups is 1. The van der Waals surface area contributed by atoms with Crippen LogP contribution in [0.4, 0.5) is 8.78 Å². The molecule has 436 valence electrons. The fourth-order valence-corrected chi connectivity index (χ4v) is 13.0. The molecule has 4 heterocycles. The number of halogens is 2. The zero-order valence-corrected chi connectivity index (χ0v) is 48.2. The number of alkyl halides is 2. The lowest BCUT2D eigenvalue weighted by Crippen LogP contribution is -2.59. The first-order chi connectivity index (χ1) is 35.6. The Morgan fingerprint density at radius 3 is 2.22 bits per heavy atom. The second kappa shape index (κ2) is 27.1. The van der Waals surface area contributed by atoms with Crippen molar-refractivity contribution < 1.29 is 75.6 Å². The predicted molar refractivity (Wildman–Crippen MR) is 279 cm³/mol. The van der Waals surface area contributed by atoms with Crippen molar-refractivity contribution in [1.29, 1.82) is 0 Å². The van der Waals surface area contributed by atoms with Crippen LogP contribution in [0.5, 0.6) is 0 Å². The van der Waals surface area contributed by atoms with Crippen molar-refractivity contribution in [2.45, 2.75) is 215 Å². The van der Waals surface area contributed by atoms with Crippen LogP contribution < -0.4 is 0 Å². The van der Waals surface area contributed by atoms with Crippen molar-refractivity contribution in [3.05, 3.63) is 41.7 Å². The average Bonchev–Trinajstić information content (AvgIpc) is 3.85. The second-order valence-electron chi connectivity index (χ2n) is 22.8. The molecule has 3 aliphatic heterocycles. The van der Waals surface area contributed by atoms with Crippen LogP contribution in [0.25, 0.3) is 0 Å². The third-order valence-electron chi connectivity index (χ3n) is 16.5. The zero-order valence-electron chi connectivity index (χ0n) is 47.4. The summed E-state index contributed by atoms with van der Waals surface area (Å²) in [7, 11) is 3.09. The van der Waals surface area contributed by atoms with E-state index in [1.807, 2.05) is 39.8 Å². The van der Waals surface area contributed by atoms with E-state index in [0.29, 0.717) is 43.6 Å². The minimum absolute atomic E-state index is 0.0434. The molecule has 1 aromatic heterocycles. The van der Waals surface area contributed by atoms with E-state index in [-0.39, 0.29) is 54.4 Å². The van der Waals surface area contributed by atoms with Crippen molar-refractivity contribution in [3.63, 3.8) is 0 Å². The van der Waals surface area contributed by atoms with Crippen molar-refractivity contribution in [2.24, 2.45) is 17.8 Å². The van der Waals surface area contributed by atoms with E-state index >= 15 is 0 Å². The molecule has 3 fully saturated rings. The number of carbonyl (C=O) groups excluding carboxylic acids is 1. The van der Waals surface area contributed by atoms with E-state index in [9.17, 15) is 42.4 Å². The quantitative estimate of drug-likeness (QED) is 0.133. The molecule has 22 heteroatoms. The summed E-state index contributed by atoms with van der Waals surface area (Å²) in [5.41, 5.74) is -3.33. The maximum atomic E-state index is 14.8. The summed E-state index contributed by atoms with van der Waals surface area (Å²) in [6, 6.07) is 4.39. The highest BCUT2D eigenvalue weighted by molar-refractivity contribution is 7.91. The number of aliphatic hydroxyl groups excluding tert-OH is 2. The summed E-state index contributed by atoms with van der Waals surface area (Å²) in [4.78, 5) is 18.7. The van der Waals surface area contributed by atoms with Gasteiger partial charge >= 0.3 is 5.97 Å². The van der Waals surface area contributed by atoms with Crippen LogP contribution in [0.1, 0.15) is 131 Å². The van der Waals surface area contributed by atoms with Crippen LogP contribution in [-0.4, -0.2) is 204 Å². The van der Waals surface area contributed by atoms with E-state index in [2.05, 4.69) is 15.2 Å². The Bertz CT molecular complexity index is 2230. The molecule has 0 amide bonds. The molecule has 0 radical (unpaired) electrons. The molecule has 76 heavy (non-hydrogen) atoms. The third kappa shape index (κ3) is 15.3. The van der Waals surface area contributed by atoms with Gasteiger partial charge < -0.3 is 63.4 Å². The Morgan fingerprint density at radius 1 is 0.947 bits per heavy atom. The molecule has 0 aliphatic carbocycles. The number of methoxy groups -OCH3 is 2. The number of nitrogens with zero attached hydrogens (tertiary/aromatic N) is 5. The third-order valence-corrected chi connectivity index (χ3v) is 18.3.